The van der Waals surface area contributed by atoms with Gasteiger partial charge in [-0.25, -0.2) is 0 Å². The number of methoxy groups -OCH3 is 1. The van der Waals surface area contributed by atoms with E-state index in [-0.39, 0.29) is 29.7 Å². The van der Waals surface area contributed by atoms with Crippen LogP contribution in [0.3, 0.4) is 0 Å². The molecule has 3 aromatic rings. The van der Waals surface area contributed by atoms with E-state index in [1.807, 2.05) is 19.1 Å². The SMILES string of the molecule is COc1ccc(NC(=O)COc2ccccc2C(=O)N[C@@H](C)C(=O)Nc2ccc(C)cc2)cc1. The number of ether oxygens (including phenoxy) is 2. The fourth-order valence-electron chi connectivity index (χ4n) is 3.02. The van der Waals surface area contributed by atoms with Crippen molar-refractivity contribution in [2.45, 2.75) is 19.9 Å². The molecule has 8 nitrogen and oxygen atoms in total. The van der Waals surface area contributed by atoms with Crippen LogP contribution in [0.15, 0.2) is 72.8 Å². The Bertz CT molecular complexity index is 1140. The van der Waals surface area contributed by atoms with Gasteiger partial charge in [0.1, 0.15) is 17.5 Å². The van der Waals surface area contributed by atoms with Crippen molar-refractivity contribution in [1.82, 2.24) is 5.32 Å². The lowest BCUT2D eigenvalue weighted by Crippen LogP contribution is -2.41. The van der Waals surface area contributed by atoms with E-state index in [1.165, 1.54) is 0 Å². The van der Waals surface area contributed by atoms with Gasteiger partial charge in [-0.15, -0.1) is 0 Å². The van der Waals surface area contributed by atoms with Gasteiger partial charge in [0, 0.05) is 11.4 Å². The van der Waals surface area contributed by atoms with E-state index in [0.29, 0.717) is 17.1 Å². The van der Waals surface area contributed by atoms with Crippen molar-refractivity contribution in [2.75, 3.05) is 24.4 Å². The second-order valence-corrected chi connectivity index (χ2v) is 7.61. The van der Waals surface area contributed by atoms with Crippen molar-refractivity contribution in [3.05, 3.63) is 83.9 Å². The Morgan fingerprint density at radius 3 is 2.15 bits per heavy atom. The maximum absolute atomic E-state index is 12.8. The van der Waals surface area contributed by atoms with Crippen molar-refractivity contribution in [3.8, 4) is 11.5 Å². The number of carbonyl (C=O) groups excluding carboxylic acids is 3. The van der Waals surface area contributed by atoms with Crippen molar-refractivity contribution in [2.24, 2.45) is 0 Å². The molecule has 8 heteroatoms. The van der Waals surface area contributed by atoms with E-state index < -0.39 is 11.9 Å². The van der Waals surface area contributed by atoms with Gasteiger partial charge in [0.05, 0.1) is 12.7 Å². The Balaban J connectivity index is 1.56. The van der Waals surface area contributed by atoms with Crippen LogP contribution < -0.4 is 25.4 Å². The number of rotatable bonds is 9. The molecule has 0 aliphatic heterocycles. The first-order valence-electron chi connectivity index (χ1n) is 10.7. The minimum atomic E-state index is -0.791. The van der Waals surface area contributed by atoms with Crippen molar-refractivity contribution in [3.63, 3.8) is 0 Å². The number of aryl methyl sites for hydroxylation is 1. The van der Waals surface area contributed by atoms with Gasteiger partial charge in [-0.1, -0.05) is 29.8 Å². The molecule has 3 rings (SSSR count). The molecule has 0 bridgehead atoms. The Labute approximate surface area is 198 Å². The predicted octanol–water partition coefficient (Wildman–Crippen LogP) is 3.78. The zero-order valence-electron chi connectivity index (χ0n) is 19.3. The molecule has 0 saturated carbocycles. The van der Waals surface area contributed by atoms with Gasteiger partial charge in [0.25, 0.3) is 11.8 Å². The highest BCUT2D eigenvalue weighted by Crippen LogP contribution is 2.19. The highest BCUT2D eigenvalue weighted by molar-refractivity contribution is 6.02. The maximum Gasteiger partial charge on any atom is 0.262 e. The molecule has 3 aromatic carbocycles. The average Bonchev–Trinajstić information content (AvgIpc) is 2.84. The number of anilines is 2. The smallest absolute Gasteiger partial charge is 0.262 e. The van der Waals surface area contributed by atoms with Crippen LogP contribution in [0, 0.1) is 6.92 Å². The summed E-state index contributed by atoms with van der Waals surface area (Å²) in [4.78, 5) is 37.5. The lowest BCUT2D eigenvalue weighted by atomic mass is 10.1. The van der Waals surface area contributed by atoms with Crippen LogP contribution in [0.2, 0.25) is 0 Å². The van der Waals surface area contributed by atoms with E-state index in [2.05, 4.69) is 16.0 Å². The summed E-state index contributed by atoms with van der Waals surface area (Å²) in [6.45, 7) is 3.25. The van der Waals surface area contributed by atoms with E-state index in [0.717, 1.165) is 5.56 Å². The number of hydrogen-bond donors (Lipinski definition) is 3. The zero-order chi connectivity index (χ0) is 24.5. The number of benzene rings is 3. The minimum absolute atomic E-state index is 0.217. The lowest BCUT2D eigenvalue weighted by Gasteiger charge is -2.16. The van der Waals surface area contributed by atoms with E-state index in [1.54, 1.807) is 74.7 Å². The first-order valence-corrected chi connectivity index (χ1v) is 10.7. The van der Waals surface area contributed by atoms with Crippen molar-refractivity contribution in [1.29, 1.82) is 0 Å². The van der Waals surface area contributed by atoms with Crippen LogP contribution in [-0.4, -0.2) is 37.5 Å². The Morgan fingerprint density at radius 2 is 1.47 bits per heavy atom. The summed E-state index contributed by atoms with van der Waals surface area (Å²) in [5.74, 6) is -0.314. The van der Waals surface area contributed by atoms with Crippen LogP contribution in [0.25, 0.3) is 0 Å². The quantitative estimate of drug-likeness (QED) is 0.450. The highest BCUT2D eigenvalue weighted by Gasteiger charge is 2.19. The third-order valence-corrected chi connectivity index (χ3v) is 4.92. The predicted molar refractivity (Wildman–Crippen MR) is 130 cm³/mol. The number of carbonyl (C=O) groups is 3. The fraction of sp³-hybridized carbons (Fsp3) is 0.192. The second kappa shape index (κ2) is 11.5. The summed E-state index contributed by atoms with van der Waals surface area (Å²) < 4.78 is 10.7. The molecule has 0 aliphatic rings. The van der Waals surface area contributed by atoms with Gasteiger partial charge >= 0.3 is 0 Å². The topological polar surface area (TPSA) is 106 Å². The summed E-state index contributed by atoms with van der Waals surface area (Å²) in [7, 11) is 1.56. The molecule has 176 valence electrons. The normalized spacial score (nSPS) is 11.1. The molecule has 0 spiro atoms. The van der Waals surface area contributed by atoms with Gasteiger partial charge in [0.15, 0.2) is 6.61 Å². The molecule has 0 aliphatic carbocycles. The number of hydrogen-bond acceptors (Lipinski definition) is 5. The van der Waals surface area contributed by atoms with Crippen LogP contribution in [0.4, 0.5) is 11.4 Å². The molecule has 0 radical (unpaired) electrons. The summed E-state index contributed by atoms with van der Waals surface area (Å²) in [5.41, 5.74) is 2.53. The van der Waals surface area contributed by atoms with E-state index >= 15 is 0 Å². The van der Waals surface area contributed by atoms with Crippen molar-refractivity contribution < 1.29 is 23.9 Å². The lowest BCUT2D eigenvalue weighted by molar-refractivity contribution is -0.118. The summed E-state index contributed by atoms with van der Waals surface area (Å²) in [6.07, 6.45) is 0. The molecule has 3 N–H and O–H groups in total. The highest BCUT2D eigenvalue weighted by atomic mass is 16.5. The fourth-order valence-corrected chi connectivity index (χ4v) is 3.02. The van der Waals surface area contributed by atoms with E-state index in [9.17, 15) is 14.4 Å². The van der Waals surface area contributed by atoms with Gasteiger partial charge in [-0.3, -0.25) is 14.4 Å². The van der Waals surface area contributed by atoms with Gasteiger partial charge in [-0.05, 0) is 62.4 Å². The number of para-hydroxylation sites is 1. The summed E-state index contributed by atoms with van der Waals surface area (Å²) >= 11 is 0. The third-order valence-electron chi connectivity index (χ3n) is 4.92. The summed E-state index contributed by atoms with van der Waals surface area (Å²) in [6, 6.07) is 20.0. The molecule has 0 heterocycles. The van der Waals surface area contributed by atoms with Crippen molar-refractivity contribution >= 4 is 29.1 Å². The summed E-state index contributed by atoms with van der Waals surface area (Å²) in [5, 5.41) is 8.14. The van der Waals surface area contributed by atoms with Crippen LogP contribution in [0.1, 0.15) is 22.8 Å². The van der Waals surface area contributed by atoms with E-state index in [4.69, 9.17) is 9.47 Å². The standard InChI is InChI=1S/C26H27N3O5/c1-17-8-10-20(11-9-17)29-25(31)18(2)27-26(32)22-6-4-5-7-23(22)34-16-24(30)28-19-12-14-21(33-3)15-13-19/h4-15,18H,16H2,1-3H3,(H,27,32)(H,28,30)(H,29,31)/t18-/m0/s1. The molecule has 0 aromatic heterocycles. The minimum Gasteiger partial charge on any atom is -0.497 e. The molecule has 0 fully saturated rings. The molecule has 0 unspecified atom stereocenters. The Hall–Kier alpha value is -4.33. The molecule has 0 saturated heterocycles. The van der Waals surface area contributed by atoms with Gasteiger partial charge in [-0.2, -0.15) is 0 Å². The molecule has 1 atom stereocenters. The monoisotopic (exact) mass is 461 g/mol. The van der Waals surface area contributed by atoms with Crippen LogP contribution in [0.5, 0.6) is 11.5 Å². The first kappa shape index (κ1) is 24.3. The number of amides is 3. The van der Waals surface area contributed by atoms with Crippen LogP contribution in [-0.2, 0) is 9.59 Å². The molecular weight excluding hydrogens is 434 g/mol. The Kier molecular flexibility index (Phi) is 8.23. The maximum atomic E-state index is 12.8. The second-order valence-electron chi connectivity index (χ2n) is 7.61. The van der Waals surface area contributed by atoms with Crippen LogP contribution >= 0.6 is 0 Å². The van der Waals surface area contributed by atoms with Gasteiger partial charge in [0.2, 0.25) is 5.91 Å². The molecule has 34 heavy (non-hydrogen) atoms. The zero-order valence-corrected chi connectivity index (χ0v) is 19.3. The molecule has 3 amide bonds. The Morgan fingerprint density at radius 1 is 0.853 bits per heavy atom. The molecular formula is C26H27N3O5. The third kappa shape index (κ3) is 6.83. The number of nitrogens with one attached hydrogen (secondary N) is 3. The first-order chi connectivity index (χ1) is 16.4. The van der Waals surface area contributed by atoms with Gasteiger partial charge < -0.3 is 25.4 Å². The average molecular weight is 462 g/mol. The largest absolute Gasteiger partial charge is 0.497 e.